The molecule has 0 bridgehead atoms. The van der Waals surface area contributed by atoms with Crippen LogP contribution in [0.2, 0.25) is 39.3 Å². The zero-order valence-electron chi connectivity index (χ0n) is 74.8. The van der Waals surface area contributed by atoms with E-state index in [4.69, 9.17) is 0 Å². The largest absolute Gasteiger partial charge is 0.334 e. The van der Waals surface area contributed by atoms with E-state index in [1.165, 1.54) is 207 Å². The highest BCUT2D eigenvalue weighted by Gasteiger charge is 2.59. The number of hydrogen-bond donors (Lipinski definition) is 0. The summed E-state index contributed by atoms with van der Waals surface area (Å²) in [5.41, 5.74) is 21.0. The molecule has 4 atom stereocenters. The van der Waals surface area contributed by atoms with Gasteiger partial charge in [-0.15, -0.1) is 0 Å². The molecule has 20 aromatic carbocycles. The fourth-order valence-corrected chi connectivity index (χ4v) is 26.4. The van der Waals surface area contributed by atoms with E-state index >= 15 is 8.78 Å². The van der Waals surface area contributed by atoms with Crippen molar-refractivity contribution in [2.24, 2.45) is 0 Å². The maximum Gasteiger partial charge on any atom is 0.125 e. The van der Waals surface area contributed by atoms with Gasteiger partial charge in [-0.3, -0.25) is 0 Å². The van der Waals surface area contributed by atoms with Crippen molar-refractivity contribution in [3.8, 4) is 66.8 Å². The van der Waals surface area contributed by atoms with Gasteiger partial charge in [0.15, 0.2) is 0 Å². The normalized spacial score (nSPS) is 18.6. The first-order valence-electron chi connectivity index (χ1n) is 46.3. The monoisotopic (exact) mass is 1690 g/mol. The molecule has 624 valence electrons. The Morgan fingerprint density at radius 1 is 0.234 bits per heavy atom. The van der Waals surface area contributed by atoms with E-state index in [1.807, 2.05) is 12.1 Å². The average molecular weight is 1690 g/mol. The molecule has 2 nitrogen and oxygen atoms in total. The summed E-state index contributed by atoms with van der Waals surface area (Å²) in [6.07, 6.45) is 8.81. The topological polar surface area (TPSA) is 6.48 Å². The molecule has 4 unspecified atom stereocenters. The first-order chi connectivity index (χ1) is 62.0. The van der Waals surface area contributed by atoms with Crippen molar-refractivity contribution in [3.63, 3.8) is 0 Å². The number of benzene rings is 20. The predicted octanol–water partition coefficient (Wildman–Crippen LogP) is 33.8. The van der Waals surface area contributed by atoms with Crippen molar-refractivity contribution in [1.29, 1.82) is 0 Å². The first-order valence-corrected chi connectivity index (χ1v) is 53.3. The minimum absolute atomic E-state index is 0.157. The Bertz CT molecular complexity index is 8040. The Morgan fingerprint density at radius 3 is 0.930 bits per heavy atom. The van der Waals surface area contributed by atoms with Gasteiger partial charge in [-0.2, -0.15) is 0 Å². The van der Waals surface area contributed by atoms with Crippen LogP contribution in [0.1, 0.15) is 90.2 Å². The van der Waals surface area contributed by atoms with Crippen LogP contribution in [0.3, 0.4) is 0 Å². The van der Waals surface area contributed by atoms with E-state index in [9.17, 15) is 0 Å². The van der Waals surface area contributed by atoms with Crippen LogP contribution in [0.4, 0.5) is 31.5 Å². The quantitative estimate of drug-likeness (QED) is 0.0765. The van der Waals surface area contributed by atoms with Crippen LogP contribution in [-0.4, -0.2) is 27.2 Å². The van der Waals surface area contributed by atoms with Crippen LogP contribution < -0.4 is 20.2 Å². The summed E-state index contributed by atoms with van der Waals surface area (Å²) in [5, 5.41) is 28.2. The molecule has 4 aliphatic rings. The third-order valence-electron chi connectivity index (χ3n) is 31.1. The molecule has 2 heterocycles. The van der Waals surface area contributed by atoms with Gasteiger partial charge >= 0.3 is 0 Å². The van der Waals surface area contributed by atoms with Crippen LogP contribution in [0.5, 0.6) is 0 Å². The van der Waals surface area contributed by atoms with Gasteiger partial charge in [0, 0.05) is 33.6 Å². The van der Waals surface area contributed by atoms with Gasteiger partial charge in [0.2, 0.25) is 0 Å². The number of rotatable bonds is 10. The standard InChI is InChI=1S/C68H58F2N2.C54H46Si2/c1-65-32-12-14-34-67(65,3)71(49-23-16-21-47(69)39-49)61-30-28-45(37-59(61)65)63-52-26-10-11-27-53(52)64(58-42-56-54(43-18-6-5-7-19-43)36-44-20-8-9-25-51(44)55(56)41-57(58)63)46-29-31-62-60(38-46)66(2)33-13-15-35-68(66,4)72(62)50-24-17-22-48(70)40-50;1-55(2,3)43-26-24-36-28-41(22-20-38(36)30-43)53-46-18-12-13-19-47(46)54(42-23-21-39-31-44(56(4,5)6)27-25-37(39)29-42)52-34-50-48(35-14-8-7-9-15-35)32-40-16-10-11-17-45(40)49(50)33-51(52)53/h5-11,16-31,36-42H,12-15,32-35H2,1-4H3;7-34H,1-6H3. The van der Waals surface area contributed by atoms with Gasteiger partial charge in [0.05, 0.1) is 27.2 Å². The zero-order valence-corrected chi connectivity index (χ0v) is 76.8. The van der Waals surface area contributed by atoms with Crippen molar-refractivity contribution < 1.29 is 8.78 Å². The minimum atomic E-state index is -1.45. The molecule has 6 heteroatoms. The lowest BCUT2D eigenvalue weighted by Crippen LogP contribution is -2.54. The number of halogens is 2. The van der Waals surface area contributed by atoms with Crippen molar-refractivity contribution in [2.45, 2.75) is 140 Å². The van der Waals surface area contributed by atoms with E-state index < -0.39 is 16.1 Å². The van der Waals surface area contributed by atoms with Crippen LogP contribution in [0, 0.1) is 11.6 Å². The van der Waals surface area contributed by atoms with Gasteiger partial charge in [-0.25, -0.2) is 8.78 Å². The zero-order chi connectivity index (χ0) is 87.1. The molecule has 0 saturated heterocycles. The summed E-state index contributed by atoms with van der Waals surface area (Å²) < 4.78 is 30.3. The molecule has 2 aliphatic carbocycles. The first kappa shape index (κ1) is 79.5. The molecule has 0 radical (unpaired) electrons. The Hall–Kier alpha value is -13.1. The molecule has 2 saturated carbocycles. The van der Waals surface area contributed by atoms with Crippen LogP contribution >= 0.6 is 0 Å². The molecule has 24 rings (SSSR count). The summed E-state index contributed by atoms with van der Waals surface area (Å²) in [6.45, 7) is 24.4. The lowest BCUT2D eigenvalue weighted by atomic mass is 9.61. The number of anilines is 4. The highest BCUT2D eigenvalue weighted by Crippen LogP contribution is 2.65. The van der Waals surface area contributed by atoms with Crippen molar-refractivity contribution in [2.75, 3.05) is 9.80 Å². The van der Waals surface area contributed by atoms with E-state index in [1.54, 1.807) is 24.3 Å². The Labute approximate surface area is 751 Å². The van der Waals surface area contributed by atoms with Crippen LogP contribution in [0.25, 0.3) is 174 Å². The summed E-state index contributed by atoms with van der Waals surface area (Å²) in [4.78, 5) is 4.94. The second kappa shape index (κ2) is 29.7. The predicted molar refractivity (Wildman–Crippen MR) is 552 cm³/mol. The maximum absolute atomic E-state index is 15.1. The van der Waals surface area contributed by atoms with Crippen LogP contribution in [-0.2, 0) is 10.8 Å². The molecular formula is C122H104F2N2Si2. The molecule has 20 aromatic rings. The molecule has 128 heavy (non-hydrogen) atoms. The average Bonchev–Trinajstić information content (AvgIpc) is 1.66. The highest BCUT2D eigenvalue weighted by molar-refractivity contribution is 6.89. The number of hydrogen-bond acceptors (Lipinski definition) is 2. The fourth-order valence-electron chi connectivity index (χ4n) is 24.1. The Kier molecular flexibility index (Phi) is 18.5. The molecule has 2 fully saturated rings. The van der Waals surface area contributed by atoms with Crippen molar-refractivity contribution in [3.05, 3.63) is 375 Å². The smallest absolute Gasteiger partial charge is 0.125 e. The molecule has 0 amide bonds. The summed E-state index contributed by atoms with van der Waals surface area (Å²) >= 11 is 0. The SMILES string of the molecule is CC12CCCCC1(C)N(c1cccc(F)c1)c1ccc(-c3c4ccccc4c(-c4ccc5c(c4)C4(C)CCCCC4(C)N5c4cccc(F)c4)c4cc5c(cc34)c(-c3ccccc3)cc3ccccc35)cc12.C[Si](C)(C)c1ccc2cc(-c3c4ccccc4c(-c4ccc5cc([Si](C)(C)C)ccc5c4)c4cc5c(cc34)c(-c3ccccc3)cc3ccccc35)ccc2c1. The molecule has 0 spiro atoms. The summed E-state index contributed by atoms with van der Waals surface area (Å²) in [7, 11) is -2.89. The lowest BCUT2D eigenvalue weighted by molar-refractivity contribution is 0.195. The van der Waals surface area contributed by atoms with Crippen molar-refractivity contribution in [1.82, 2.24) is 0 Å². The van der Waals surface area contributed by atoms with Crippen LogP contribution in [0.15, 0.2) is 352 Å². The molecule has 0 aromatic heterocycles. The Balaban J connectivity index is 0.000000151. The van der Waals surface area contributed by atoms with E-state index in [0.29, 0.717) is 0 Å². The van der Waals surface area contributed by atoms with E-state index in [-0.39, 0.29) is 33.5 Å². The third kappa shape index (κ3) is 12.5. The molecule has 2 aliphatic heterocycles. The van der Waals surface area contributed by atoms with Crippen molar-refractivity contribution >= 4 is 157 Å². The lowest BCUT2D eigenvalue weighted by Gasteiger charge is -2.50. The Morgan fingerprint density at radius 2 is 0.555 bits per heavy atom. The number of fused-ring (bicyclic) bond motifs is 18. The van der Waals surface area contributed by atoms with E-state index in [0.717, 1.165) is 62.7 Å². The van der Waals surface area contributed by atoms with Gasteiger partial charge in [-0.1, -0.05) is 332 Å². The van der Waals surface area contributed by atoms with E-state index in [2.05, 4.69) is 392 Å². The fraction of sp³-hybridized carbons (Fsp3) is 0.180. The minimum Gasteiger partial charge on any atom is -0.334 e. The second-order valence-electron chi connectivity index (χ2n) is 40.3. The summed E-state index contributed by atoms with van der Waals surface area (Å²) in [6, 6.07) is 130. The highest BCUT2D eigenvalue weighted by atomic mass is 28.3. The van der Waals surface area contributed by atoms with Gasteiger partial charge in [0.1, 0.15) is 11.6 Å². The molecular weight excluding hydrogens is 1590 g/mol. The second-order valence-corrected chi connectivity index (χ2v) is 50.4. The number of nitrogens with zero attached hydrogens (tertiary/aromatic N) is 2. The van der Waals surface area contributed by atoms with Gasteiger partial charge in [-0.05, 0) is 334 Å². The van der Waals surface area contributed by atoms with Gasteiger partial charge < -0.3 is 9.80 Å². The third-order valence-corrected chi connectivity index (χ3v) is 35.2. The summed E-state index contributed by atoms with van der Waals surface area (Å²) in [5.74, 6) is -0.415. The maximum atomic E-state index is 15.1. The van der Waals surface area contributed by atoms with Gasteiger partial charge in [0.25, 0.3) is 0 Å². The molecule has 0 N–H and O–H groups in total.